The normalized spacial score (nSPS) is 10.2. The maximum atomic E-state index is 11.4. The van der Waals surface area contributed by atoms with Gasteiger partial charge in [0.2, 0.25) is 0 Å². The molecule has 0 unspecified atom stereocenters. The molecule has 2 aromatic carbocycles. The molecule has 0 aliphatic rings. The second kappa shape index (κ2) is 6.70. The summed E-state index contributed by atoms with van der Waals surface area (Å²) in [6.45, 7) is 2.11. The summed E-state index contributed by atoms with van der Waals surface area (Å²) in [5, 5.41) is 2.22. The first-order valence-electron chi connectivity index (χ1n) is 6.48. The number of carbonyl (C=O) groups excluding carboxylic acids is 2. The predicted molar refractivity (Wildman–Crippen MR) is 75.0 cm³/mol. The quantitative estimate of drug-likeness (QED) is 0.620. The summed E-state index contributed by atoms with van der Waals surface area (Å²) in [7, 11) is 0. The minimum Gasteiger partial charge on any atom is -0.466 e. The van der Waals surface area contributed by atoms with Gasteiger partial charge in [-0.05, 0) is 29.3 Å². The Balaban J connectivity index is 1.92. The van der Waals surface area contributed by atoms with Crippen LogP contribution in [0.15, 0.2) is 42.5 Å². The highest BCUT2D eigenvalue weighted by Crippen LogP contribution is 2.16. The third-order valence-electron chi connectivity index (χ3n) is 2.81. The van der Waals surface area contributed by atoms with Crippen LogP contribution >= 0.6 is 0 Å². The Hall–Kier alpha value is -2.36. The van der Waals surface area contributed by atoms with Crippen LogP contribution in [0.2, 0.25) is 0 Å². The molecule has 0 spiro atoms. The number of hydrogen-bond acceptors (Lipinski definition) is 4. The van der Waals surface area contributed by atoms with E-state index in [1.807, 2.05) is 42.5 Å². The van der Waals surface area contributed by atoms with Gasteiger partial charge in [-0.2, -0.15) is 0 Å². The van der Waals surface area contributed by atoms with Gasteiger partial charge in [-0.15, -0.1) is 0 Å². The van der Waals surface area contributed by atoms with Crippen molar-refractivity contribution in [2.24, 2.45) is 0 Å². The van der Waals surface area contributed by atoms with Crippen LogP contribution in [0, 0.1) is 0 Å². The Labute approximate surface area is 117 Å². The van der Waals surface area contributed by atoms with Gasteiger partial charge in [-0.3, -0.25) is 9.59 Å². The average Bonchev–Trinajstić information content (AvgIpc) is 2.45. The van der Waals surface area contributed by atoms with E-state index < -0.39 is 11.9 Å². The molecule has 0 aliphatic heterocycles. The van der Waals surface area contributed by atoms with Crippen LogP contribution in [0.3, 0.4) is 0 Å². The number of rotatable bonds is 5. The summed E-state index contributed by atoms with van der Waals surface area (Å²) in [5.74, 6) is -1.13. The van der Waals surface area contributed by atoms with E-state index in [0.29, 0.717) is 0 Å². The molecule has 0 aliphatic carbocycles. The fourth-order valence-electron chi connectivity index (χ4n) is 1.87. The van der Waals surface area contributed by atoms with Gasteiger partial charge < -0.3 is 9.47 Å². The molecule has 4 heteroatoms. The van der Waals surface area contributed by atoms with Crippen LogP contribution in [0.5, 0.6) is 0 Å². The van der Waals surface area contributed by atoms with Crippen molar-refractivity contribution in [2.45, 2.75) is 20.0 Å². The lowest BCUT2D eigenvalue weighted by Crippen LogP contribution is -2.13. The molecule has 2 aromatic rings. The van der Waals surface area contributed by atoms with Gasteiger partial charge in [-0.25, -0.2) is 0 Å². The maximum Gasteiger partial charge on any atom is 0.317 e. The van der Waals surface area contributed by atoms with Gasteiger partial charge in [0.15, 0.2) is 0 Å². The van der Waals surface area contributed by atoms with Crippen molar-refractivity contribution in [3.63, 3.8) is 0 Å². The SMILES string of the molecule is CCOC(=O)CC(=O)OCc1ccc2ccccc2c1. The van der Waals surface area contributed by atoms with Crippen LogP contribution in [0.4, 0.5) is 0 Å². The number of ether oxygens (including phenoxy) is 2. The Kier molecular flexibility index (Phi) is 4.71. The second-order valence-electron chi connectivity index (χ2n) is 4.32. The standard InChI is InChI=1S/C16H16O4/c1-2-19-15(17)10-16(18)20-11-12-7-8-13-5-3-4-6-14(13)9-12/h3-9H,2,10-11H2,1H3. The molecule has 0 atom stereocenters. The number of hydrogen-bond donors (Lipinski definition) is 0. The number of carbonyl (C=O) groups is 2. The van der Waals surface area contributed by atoms with Crippen molar-refractivity contribution in [3.8, 4) is 0 Å². The zero-order valence-electron chi connectivity index (χ0n) is 11.3. The van der Waals surface area contributed by atoms with Crippen molar-refractivity contribution in [1.29, 1.82) is 0 Å². The summed E-state index contributed by atoms with van der Waals surface area (Å²) in [6, 6.07) is 13.8. The molecule has 0 fully saturated rings. The highest BCUT2D eigenvalue weighted by Gasteiger charge is 2.11. The molecule has 0 heterocycles. The minimum atomic E-state index is -0.573. The molecule has 0 amide bonds. The zero-order valence-corrected chi connectivity index (χ0v) is 11.3. The van der Waals surface area contributed by atoms with E-state index in [2.05, 4.69) is 4.74 Å². The van der Waals surface area contributed by atoms with Crippen LogP contribution in [-0.4, -0.2) is 18.5 Å². The summed E-state index contributed by atoms with van der Waals surface area (Å²) in [6.07, 6.45) is -0.346. The summed E-state index contributed by atoms with van der Waals surface area (Å²) in [5.41, 5.74) is 0.890. The Bertz CT molecular complexity index is 619. The average molecular weight is 272 g/mol. The first-order chi connectivity index (χ1) is 9.69. The van der Waals surface area contributed by atoms with E-state index in [1.54, 1.807) is 6.92 Å². The fraction of sp³-hybridized carbons (Fsp3) is 0.250. The van der Waals surface area contributed by atoms with Crippen LogP contribution in [0.1, 0.15) is 18.9 Å². The molecule has 0 bridgehead atoms. The third kappa shape index (κ3) is 3.82. The van der Waals surface area contributed by atoms with Crippen molar-refractivity contribution >= 4 is 22.7 Å². The first kappa shape index (κ1) is 14.1. The van der Waals surface area contributed by atoms with E-state index in [9.17, 15) is 9.59 Å². The monoisotopic (exact) mass is 272 g/mol. The zero-order chi connectivity index (χ0) is 14.4. The number of esters is 2. The molecule has 0 aromatic heterocycles. The topological polar surface area (TPSA) is 52.6 Å². The van der Waals surface area contributed by atoms with Gasteiger partial charge >= 0.3 is 11.9 Å². The molecule has 0 saturated carbocycles. The molecule has 0 N–H and O–H groups in total. The lowest BCUT2D eigenvalue weighted by molar-refractivity contribution is -0.155. The van der Waals surface area contributed by atoms with Crippen molar-refractivity contribution in [2.75, 3.05) is 6.61 Å². The first-order valence-corrected chi connectivity index (χ1v) is 6.48. The Morgan fingerprint density at radius 2 is 1.65 bits per heavy atom. The molecule has 104 valence electrons. The molecule has 0 radical (unpaired) electrons. The van der Waals surface area contributed by atoms with Gasteiger partial charge in [0.25, 0.3) is 0 Å². The van der Waals surface area contributed by atoms with Crippen LogP contribution < -0.4 is 0 Å². The van der Waals surface area contributed by atoms with E-state index in [4.69, 9.17) is 4.74 Å². The summed E-state index contributed by atoms with van der Waals surface area (Å²) in [4.78, 5) is 22.6. The van der Waals surface area contributed by atoms with Crippen molar-refractivity contribution < 1.29 is 19.1 Å². The molecular formula is C16H16O4. The lowest BCUT2D eigenvalue weighted by Gasteiger charge is -2.06. The predicted octanol–water partition coefficient (Wildman–Crippen LogP) is 2.84. The molecular weight excluding hydrogens is 256 g/mol. The van der Waals surface area contributed by atoms with Gasteiger partial charge in [-0.1, -0.05) is 36.4 Å². The van der Waals surface area contributed by atoms with Gasteiger partial charge in [0.1, 0.15) is 13.0 Å². The Morgan fingerprint density at radius 1 is 0.950 bits per heavy atom. The molecule has 4 nitrogen and oxygen atoms in total. The smallest absolute Gasteiger partial charge is 0.317 e. The number of fused-ring (bicyclic) bond motifs is 1. The van der Waals surface area contributed by atoms with E-state index in [1.165, 1.54) is 0 Å². The highest BCUT2D eigenvalue weighted by atomic mass is 16.6. The van der Waals surface area contributed by atoms with Crippen molar-refractivity contribution in [1.82, 2.24) is 0 Å². The molecule has 20 heavy (non-hydrogen) atoms. The Morgan fingerprint density at radius 3 is 2.40 bits per heavy atom. The van der Waals surface area contributed by atoms with Gasteiger partial charge in [0, 0.05) is 0 Å². The van der Waals surface area contributed by atoms with Crippen LogP contribution in [-0.2, 0) is 25.7 Å². The van der Waals surface area contributed by atoms with Crippen LogP contribution in [0.25, 0.3) is 10.8 Å². The minimum absolute atomic E-state index is 0.156. The van der Waals surface area contributed by atoms with E-state index in [0.717, 1.165) is 16.3 Å². The van der Waals surface area contributed by atoms with E-state index >= 15 is 0 Å². The van der Waals surface area contributed by atoms with Gasteiger partial charge in [0.05, 0.1) is 6.61 Å². The largest absolute Gasteiger partial charge is 0.466 e. The summed E-state index contributed by atoms with van der Waals surface area (Å²) < 4.78 is 9.74. The van der Waals surface area contributed by atoms with Crippen molar-refractivity contribution in [3.05, 3.63) is 48.0 Å². The molecule has 0 saturated heterocycles. The van der Waals surface area contributed by atoms with E-state index in [-0.39, 0.29) is 19.6 Å². The third-order valence-corrected chi connectivity index (χ3v) is 2.81. The highest BCUT2D eigenvalue weighted by molar-refractivity contribution is 5.91. The molecule has 2 rings (SSSR count). The lowest BCUT2D eigenvalue weighted by atomic mass is 10.1. The fourth-order valence-corrected chi connectivity index (χ4v) is 1.87. The summed E-state index contributed by atoms with van der Waals surface area (Å²) >= 11 is 0. The maximum absolute atomic E-state index is 11.4. The second-order valence-corrected chi connectivity index (χ2v) is 4.32. The number of benzene rings is 2.